The maximum Gasteiger partial charge on any atom is 0.237 e. The standard InChI is InChI=1S/C11H22N2O2/c1-3-8(2)9(12)10(15)13-11(7-14)5-4-6-11/h8-9,14H,3-7,12H2,1-2H3,(H,13,15)/t8?,9-/m0/s1. The number of carbonyl (C=O) groups excluding carboxylic acids is 1. The van der Waals surface area contributed by atoms with Gasteiger partial charge in [-0.05, 0) is 25.2 Å². The van der Waals surface area contributed by atoms with Crippen molar-refractivity contribution in [1.29, 1.82) is 0 Å². The zero-order valence-electron chi connectivity index (χ0n) is 9.62. The summed E-state index contributed by atoms with van der Waals surface area (Å²) < 4.78 is 0. The Hall–Kier alpha value is -0.610. The molecule has 1 aliphatic rings. The Bertz CT molecular complexity index is 221. The summed E-state index contributed by atoms with van der Waals surface area (Å²) >= 11 is 0. The Labute approximate surface area is 91.2 Å². The molecule has 0 bridgehead atoms. The highest BCUT2D eigenvalue weighted by Crippen LogP contribution is 2.31. The highest BCUT2D eigenvalue weighted by molar-refractivity contribution is 5.82. The van der Waals surface area contributed by atoms with E-state index in [0.29, 0.717) is 0 Å². The van der Waals surface area contributed by atoms with Crippen LogP contribution in [0.5, 0.6) is 0 Å². The third-order valence-electron chi connectivity index (χ3n) is 3.56. The summed E-state index contributed by atoms with van der Waals surface area (Å²) in [5, 5.41) is 12.1. The molecule has 4 nitrogen and oxygen atoms in total. The molecule has 1 unspecified atom stereocenters. The minimum absolute atomic E-state index is 0.0198. The normalized spacial score (nSPS) is 22.7. The smallest absolute Gasteiger partial charge is 0.237 e. The van der Waals surface area contributed by atoms with Crippen LogP contribution in [0.25, 0.3) is 0 Å². The zero-order chi connectivity index (χ0) is 11.5. The van der Waals surface area contributed by atoms with Gasteiger partial charge in [0, 0.05) is 0 Å². The van der Waals surface area contributed by atoms with Crippen LogP contribution in [0.2, 0.25) is 0 Å². The fraction of sp³-hybridized carbons (Fsp3) is 0.909. The number of nitrogens with one attached hydrogen (secondary N) is 1. The third kappa shape index (κ3) is 2.69. The summed E-state index contributed by atoms with van der Waals surface area (Å²) in [7, 11) is 0. The van der Waals surface area contributed by atoms with Crippen molar-refractivity contribution in [2.24, 2.45) is 11.7 Å². The van der Waals surface area contributed by atoms with Gasteiger partial charge in [-0.25, -0.2) is 0 Å². The Morgan fingerprint density at radius 3 is 2.53 bits per heavy atom. The number of nitrogens with two attached hydrogens (primary N) is 1. The molecule has 1 amide bonds. The first kappa shape index (κ1) is 12.5. The molecule has 0 aromatic rings. The van der Waals surface area contributed by atoms with Crippen molar-refractivity contribution >= 4 is 5.91 Å². The summed E-state index contributed by atoms with van der Waals surface area (Å²) in [6, 6.07) is -0.459. The molecule has 0 spiro atoms. The molecule has 4 heteroatoms. The van der Waals surface area contributed by atoms with E-state index < -0.39 is 6.04 Å². The van der Waals surface area contributed by atoms with E-state index in [1.807, 2.05) is 13.8 Å². The molecule has 0 aliphatic heterocycles. The van der Waals surface area contributed by atoms with Crippen LogP contribution in [0.1, 0.15) is 39.5 Å². The summed E-state index contributed by atoms with van der Waals surface area (Å²) in [5.74, 6) is 0.0546. The van der Waals surface area contributed by atoms with Gasteiger partial charge in [0.05, 0.1) is 18.2 Å². The molecule has 1 rings (SSSR count). The molecule has 1 aliphatic carbocycles. The predicted octanol–water partition coefficient (Wildman–Crippen LogP) is 0.391. The van der Waals surface area contributed by atoms with Gasteiger partial charge in [0.1, 0.15) is 0 Å². The second-order valence-corrected chi connectivity index (χ2v) is 4.69. The number of amides is 1. The first-order valence-electron chi connectivity index (χ1n) is 5.73. The Balaban J connectivity index is 2.47. The van der Waals surface area contributed by atoms with Gasteiger partial charge in [-0.1, -0.05) is 20.3 Å². The number of aliphatic hydroxyl groups excluding tert-OH is 1. The SMILES string of the molecule is CCC(C)[C@H](N)C(=O)NC1(CO)CCC1. The quantitative estimate of drug-likeness (QED) is 0.619. The van der Waals surface area contributed by atoms with Gasteiger partial charge in [0.15, 0.2) is 0 Å². The second kappa shape index (κ2) is 4.94. The van der Waals surface area contributed by atoms with Gasteiger partial charge in [-0.15, -0.1) is 0 Å². The Morgan fingerprint density at radius 2 is 2.20 bits per heavy atom. The molecule has 88 valence electrons. The molecular formula is C11H22N2O2. The maximum atomic E-state index is 11.8. The summed E-state index contributed by atoms with van der Waals surface area (Å²) in [5.41, 5.74) is 5.45. The van der Waals surface area contributed by atoms with E-state index in [2.05, 4.69) is 5.32 Å². The van der Waals surface area contributed by atoms with E-state index >= 15 is 0 Å². The molecule has 1 saturated carbocycles. The summed E-state index contributed by atoms with van der Waals surface area (Å²) in [6.07, 6.45) is 3.69. The van der Waals surface area contributed by atoms with Gasteiger partial charge in [0.25, 0.3) is 0 Å². The van der Waals surface area contributed by atoms with E-state index in [4.69, 9.17) is 5.73 Å². The van der Waals surface area contributed by atoms with E-state index in [1.54, 1.807) is 0 Å². The lowest BCUT2D eigenvalue weighted by Crippen LogP contribution is -2.60. The summed E-state index contributed by atoms with van der Waals surface area (Å²) in [4.78, 5) is 11.8. The van der Waals surface area contributed by atoms with Gasteiger partial charge in [-0.3, -0.25) is 4.79 Å². The molecule has 4 N–H and O–H groups in total. The van der Waals surface area contributed by atoms with E-state index in [-0.39, 0.29) is 24.0 Å². The van der Waals surface area contributed by atoms with Crippen LogP contribution < -0.4 is 11.1 Å². The van der Waals surface area contributed by atoms with Crippen molar-refractivity contribution in [2.75, 3.05) is 6.61 Å². The second-order valence-electron chi connectivity index (χ2n) is 4.69. The monoisotopic (exact) mass is 214 g/mol. The number of aliphatic hydroxyl groups is 1. The molecule has 0 heterocycles. The topological polar surface area (TPSA) is 75.4 Å². The highest BCUT2D eigenvalue weighted by Gasteiger charge is 2.39. The lowest BCUT2D eigenvalue weighted by molar-refractivity contribution is -0.127. The van der Waals surface area contributed by atoms with E-state index in [9.17, 15) is 9.90 Å². The van der Waals surface area contributed by atoms with Crippen molar-refractivity contribution in [2.45, 2.75) is 51.1 Å². The number of hydrogen-bond acceptors (Lipinski definition) is 3. The van der Waals surface area contributed by atoms with Crippen LogP contribution in [-0.4, -0.2) is 29.2 Å². The molecule has 2 atom stereocenters. The van der Waals surface area contributed by atoms with Crippen LogP contribution in [0, 0.1) is 5.92 Å². The minimum Gasteiger partial charge on any atom is -0.394 e. The molecule has 1 fully saturated rings. The van der Waals surface area contributed by atoms with Crippen LogP contribution >= 0.6 is 0 Å². The van der Waals surface area contributed by atoms with Gasteiger partial charge >= 0.3 is 0 Å². The first-order chi connectivity index (χ1) is 7.04. The van der Waals surface area contributed by atoms with Crippen molar-refractivity contribution in [3.63, 3.8) is 0 Å². The summed E-state index contributed by atoms with van der Waals surface area (Å²) in [6.45, 7) is 4.01. The highest BCUT2D eigenvalue weighted by atomic mass is 16.3. The van der Waals surface area contributed by atoms with Crippen LogP contribution in [0.3, 0.4) is 0 Å². The number of hydrogen-bond donors (Lipinski definition) is 3. The average Bonchev–Trinajstić information content (AvgIpc) is 2.20. The Kier molecular flexibility index (Phi) is 4.11. The third-order valence-corrected chi connectivity index (χ3v) is 3.56. The minimum atomic E-state index is -0.459. The van der Waals surface area contributed by atoms with Crippen LogP contribution in [0.15, 0.2) is 0 Å². The van der Waals surface area contributed by atoms with E-state index in [0.717, 1.165) is 25.7 Å². The van der Waals surface area contributed by atoms with Crippen LogP contribution in [0.4, 0.5) is 0 Å². The molecular weight excluding hydrogens is 192 g/mol. The van der Waals surface area contributed by atoms with Crippen LogP contribution in [-0.2, 0) is 4.79 Å². The predicted molar refractivity (Wildman–Crippen MR) is 59.2 cm³/mol. The fourth-order valence-corrected chi connectivity index (χ4v) is 1.78. The first-order valence-corrected chi connectivity index (χ1v) is 5.73. The fourth-order valence-electron chi connectivity index (χ4n) is 1.78. The van der Waals surface area contributed by atoms with Crippen molar-refractivity contribution in [3.05, 3.63) is 0 Å². The number of rotatable bonds is 5. The lowest BCUT2D eigenvalue weighted by atomic mass is 9.77. The molecule has 0 radical (unpaired) electrons. The maximum absolute atomic E-state index is 11.8. The van der Waals surface area contributed by atoms with Gasteiger partial charge < -0.3 is 16.2 Å². The van der Waals surface area contributed by atoms with Crippen molar-refractivity contribution in [1.82, 2.24) is 5.32 Å². The van der Waals surface area contributed by atoms with Crippen molar-refractivity contribution < 1.29 is 9.90 Å². The molecule has 0 aromatic heterocycles. The zero-order valence-corrected chi connectivity index (χ0v) is 9.62. The molecule has 15 heavy (non-hydrogen) atoms. The average molecular weight is 214 g/mol. The molecule has 0 saturated heterocycles. The largest absolute Gasteiger partial charge is 0.394 e. The molecule has 0 aromatic carbocycles. The van der Waals surface area contributed by atoms with E-state index in [1.165, 1.54) is 0 Å². The Morgan fingerprint density at radius 1 is 1.60 bits per heavy atom. The van der Waals surface area contributed by atoms with Gasteiger partial charge in [-0.2, -0.15) is 0 Å². The number of carbonyl (C=O) groups is 1. The lowest BCUT2D eigenvalue weighted by Gasteiger charge is -2.41. The van der Waals surface area contributed by atoms with Gasteiger partial charge in [0.2, 0.25) is 5.91 Å². The van der Waals surface area contributed by atoms with Crippen molar-refractivity contribution in [3.8, 4) is 0 Å².